The van der Waals surface area contributed by atoms with Crippen molar-refractivity contribution in [1.29, 1.82) is 0 Å². The van der Waals surface area contributed by atoms with Gasteiger partial charge in [0.05, 0.1) is 12.0 Å². The number of halogens is 1. The fourth-order valence-corrected chi connectivity index (χ4v) is 3.80. The Bertz CT molecular complexity index is 1200. The molecule has 0 spiro atoms. The number of amides is 1. The summed E-state index contributed by atoms with van der Waals surface area (Å²) >= 11 is -0.750. The van der Waals surface area contributed by atoms with Crippen molar-refractivity contribution in [2.24, 2.45) is 0 Å². The van der Waals surface area contributed by atoms with Crippen molar-refractivity contribution in [2.75, 3.05) is 18.4 Å². The van der Waals surface area contributed by atoms with Gasteiger partial charge in [0.25, 0.3) is 0 Å². The van der Waals surface area contributed by atoms with E-state index in [0.29, 0.717) is 35.7 Å². The number of piperidine rings is 1. The average molecular weight is 491 g/mol. The number of carbonyl (C=O) groups excluding carboxylic acids is 1. The van der Waals surface area contributed by atoms with Gasteiger partial charge in [0.15, 0.2) is 11.4 Å². The highest BCUT2D eigenvalue weighted by atomic mass is 32.1. The lowest BCUT2D eigenvalue weighted by Gasteiger charge is -2.33. The molecule has 11 heteroatoms. The van der Waals surface area contributed by atoms with Crippen molar-refractivity contribution in [2.45, 2.75) is 52.1 Å². The number of aromatic nitrogens is 2. The first kappa shape index (κ1) is 25.3. The van der Waals surface area contributed by atoms with Crippen molar-refractivity contribution >= 4 is 40.3 Å². The zero-order valence-electron chi connectivity index (χ0n) is 19.5. The van der Waals surface area contributed by atoms with Crippen molar-refractivity contribution in [1.82, 2.24) is 14.9 Å². The first-order chi connectivity index (χ1) is 16.1. The maximum Gasteiger partial charge on any atom is 0.410 e. The zero-order chi connectivity index (χ0) is 24.9. The first-order valence-electron chi connectivity index (χ1n) is 10.8. The lowest BCUT2D eigenvalue weighted by Crippen LogP contribution is -2.41. The molecule has 3 aromatic rings. The van der Waals surface area contributed by atoms with Crippen molar-refractivity contribution in [3.05, 3.63) is 47.7 Å². The molecule has 1 aliphatic rings. The molecule has 1 saturated heterocycles. The molecule has 0 saturated carbocycles. The monoisotopic (exact) mass is 490 g/mol. The third-order valence-corrected chi connectivity index (χ3v) is 5.35. The van der Waals surface area contributed by atoms with Crippen LogP contribution in [0.5, 0.6) is 0 Å². The molecule has 0 radical (unpaired) electrons. The predicted octanol–water partition coefficient (Wildman–Crippen LogP) is 4.86. The number of hydrogen-bond acceptors (Lipinski definition) is 8. The van der Waals surface area contributed by atoms with Gasteiger partial charge in [-0.1, -0.05) is 6.07 Å². The van der Waals surface area contributed by atoms with E-state index in [1.54, 1.807) is 17.2 Å². The number of fused-ring (bicyclic) bond motifs is 1. The fraction of sp³-hybridized carbons (Fsp3) is 0.435. The second-order valence-corrected chi connectivity index (χ2v) is 9.15. The SMILES string of the molecule is Cc1ccc(Nc2ncnc3c(C4CCN(C(=O)OC(C)(C)C)CC4)coc23)c(F)c1.O=S=O. The van der Waals surface area contributed by atoms with E-state index in [4.69, 9.17) is 17.6 Å². The van der Waals surface area contributed by atoms with Crippen LogP contribution in [-0.4, -0.2) is 48.1 Å². The quantitative estimate of drug-likeness (QED) is 0.554. The number of furan rings is 1. The third-order valence-electron chi connectivity index (χ3n) is 5.35. The van der Waals surface area contributed by atoms with Crippen LogP contribution >= 0.6 is 0 Å². The van der Waals surface area contributed by atoms with Gasteiger partial charge in [0, 0.05) is 18.7 Å². The molecule has 9 nitrogen and oxygen atoms in total. The Morgan fingerprint density at radius 3 is 2.53 bits per heavy atom. The summed E-state index contributed by atoms with van der Waals surface area (Å²) in [7, 11) is 0. The molecule has 1 fully saturated rings. The Labute approximate surface area is 200 Å². The topological polar surface area (TPSA) is 115 Å². The number of benzene rings is 1. The summed E-state index contributed by atoms with van der Waals surface area (Å²) in [5, 5.41) is 3.01. The standard InChI is InChI=1S/C23H27FN4O3.O2S/c1-14-5-6-18(17(24)11-14)27-21-20-19(25-13-26-21)16(12-30-20)15-7-9-28(10-8-15)22(29)31-23(2,3)4;1-3-2/h5-6,11-13,15H,7-10H2,1-4H3,(H,25,26,27);. The van der Waals surface area contributed by atoms with Gasteiger partial charge in [-0.25, -0.2) is 19.2 Å². The second-order valence-electron chi connectivity index (χ2n) is 9.01. The van der Waals surface area contributed by atoms with Crippen LogP contribution in [-0.2, 0) is 16.3 Å². The van der Waals surface area contributed by atoms with Crippen molar-refractivity contribution < 1.29 is 26.8 Å². The number of ether oxygens (including phenoxy) is 1. The van der Waals surface area contributed by atoms with Crippen LogP contribution in [0.15, 0.2) is 35.2 Å². The van der Waals surface area contributed by atoms with Gasteiger partial charge in [-0.15, -0.1) is 0 Å². The minimum absolute atomic E-state index is 0.207. The number of hydrogen-bond donors (Lipinski definition) is 1. The summed E-state index contributed by atoms with van der Waals surface area (Å²) in [6, 6.07) is 4.97. The number of rotatable bonds is 3. The van der Waals surface area contributed by atoms with Crippen LogP contribution in [0.4, 0.5) is 20.7 Å². The van der Waals surface area contributed by atoms with E-state index in [2.05, 4.69) is 15.3 Å². The smallest absolute Gasteiger partial charge is 0.410 e. The fourth-order valence-electron chi connectivity index (χ4n) is 3.80. The lowest BCUT2D eigenvalue weighted by molar-refractivity contribution is 0.0205. The van der Waals surface area contributed by atoms with E-state index >= 15 is 0 Å². The molecule has 4 rings (SSSR count). The van der Waals surface area contributed by atoms with Crippen LogP contribution < -0.4 is 5.32 Å². The Balaban J connectivity index is 0.00000103. The van der Waals surface area contributed by atoms with E-state index in [1.807, 2.05) is 33.8 Å². The minimum Gasteiger partial charge on any atom is -0.458 e. The summed E-state index contributed by atoms with van der Waals surface area (Å²) in [5.74, 6) is 0.275. The normalized spacial score (nSPS) is 14.3. The summed E-state index contributed by atoms with van der Waals surface area (Å²) in [5.41, 5.74) is 2.84. The number of nitrogens with zero attached hydrogens (tertiary/aromatic N) is 3. The summed E-state index contributed by atoms with van der Waals surface area (Å²) in [6.45, 7) is 8.64. The Hall–Kier alpha value is -3.34. The average Bonchev–Trinajstić information content (AvgIpc) is 3.20. The van der Waals surface area contributed by atoms with E-state index in [0.717, 1.165) is 24.0 Å². The second kappa shape index (κ2) is 10.7. The van der Waals surface area contributed by atoms with Gasteiger partial charge in [0.1, 0.15) is 23.3 Å². The molecule has 3 heterocycles. The van der Waals surface area contributed by atoms with Crippen LogP contribution in [0.1, 0.15) is 50.7 Å². The number of likely N-dealkylation sites (tertiary alicyclic amines) is 1. The predicted molar refractivity (Wildman–Crippen MR) is 125 cm³/mol. The molecule has 0 atom stereocenters. The van der Waals surface area contributed by atoms with E-state index in [-0.39, 0.29) is 17.8 Å². The van der Waals surface area contributed by atoms with Crippen molar-refractivity contribution in [3.63, 3.8) is 0 Å². The zero-order valence-corrected chi connectivity index (χ0v) is 20.3. The maximum atomic E-state index is 14.3. The van der Waals surface area contributed by atoms with E-state index in [1.165, 1.54) is 12.4 Å². The number of aryl methyl sites for hydroxylation is 1. The van der Waals surface area contributed by atoms with Gasteiger partial charge in [-0.05, 0) is 64.2 Å². The molecule has 0 unspecified atom stereocenters. The molecule has 2 aromatic heterocycles. The summed E-state index contributed by atoms with van der Waals surface area (Å²) in [4.78, 5) is 22.7. The molecule has 0 bridgehead atoms. The molecule has 0 aliphatic carbocycles. The Morgan fingerprint density at radius 1 is 1.24 bits per heavy atom. The molecule has 34 heavy (non-hydrogen) atoms. The molecule has 1 aromatic carbocycles. The van der Waals surface area contributed by atoms with E-state index in [9.17, 15) is 9.18 Å². The molecule has 1 N–H and O–H groups in total. The van der Waals surface area contributed by atoms with Gasteiger partial charge in [0.2, 0.25) is 0 Å². The van der Waals surface area contributed by atoms with Crippen LogP contribution in [0.2, 0.25) is 0 Å². The highest BCUT2D eigenvalue weighted by Gasteiger charge is 2.29. The van der Waals surface area contributed by atoms with Gasteiger partial charge in [-0.2, -0.15) is 8.42 Å². The highest BCUT2D eigenvalue weighted by molar-refractivity contribution is 7.51. The Morgan fingerprint density at radius 2 is 1.91 bits per heavy atom. The van der Waals surface area contributed by atoms with Gasteiger partial charge < -0.3 is 19.4 Å². The van der Waals surface area contributed by atoms with Gasteiger partial charge in [-0.3, -0.25) is 0 Å². The molecular formula is C23H27FN4O5S. The number of carbonyl (C=O) groups is 1. The Kier molecular flexibility index (Phi) is 7.98. The minimum atomic E-state index is -0.750. The van der Waals surface area contributed by atoms with Crippen LogP contribution in [0.3, 0.4) is 0 Å². The number of anilines is 2. The third kappa shape index (κ3) is 6.16. The lowest BCUT2D eigenvalue weighted by atomic mass is 9.90. The van der Waals surface area contributed by atoms with Crippen molar-refractivity contribution in [3.8, 4) is 0 Å². The summed E-state index contributed by atoms with van der Waals surface area (Å²) < 4.78 is 42.1. The molecular weight excluding hydrogens is 463 g/mol. The number of nitrogens with one attached hydrogen (secondary N) is 1. The summed E-state index contributed by atoms with van der Waals surface area (Å²) in [6.07, 6.45) is 4.44. The van der Waals surface area contributed by atoms with E-state index < -0.39 is 17.2 Å². The molecule has 1 amide bonds. The molecule has 1 aliphatic heterocycles. The maximum absolute atomic E-state index is 14.3. The van der Waals surface area contributed by atoms with Crippen LogP contribution in [0.25, 0.3) is 11.1 Å². The largest absolute Gasteiger partial charge is 0.458 e. The molecule has 182 valence electrons. The van der Waals surface area contributed by atoms with Gasteiger partial charge >= 0.3 is 17.7 Å². The first-order valence-corrected chi connectivity index (χ1v) is 11.4. The highest BCUT2D eigenvalue weighted by Crippen LogP contribution is 2.36. The van der Waals surface area contributed by atoms with Crippen LogP contribution in [0, 0.1) is 12.7 Å².